The largest absolute Gasteiger partial charge is 0.756 e. The predicted octanol–water partition coefficient (Wildman–Crippen LogP) is 18.1. The van der Waals surface area contributed by atoms with Crippen LogP contribution < -0.4 is 10.2 Å². The van der Waals surface area contributed by atoms with E-state index < -0.39 is 26.6 Å². The van der Waals surface area contributed by atoms with Gasteiger partial charge in [-0.2, -0.15) is 0 Å². The second-order valence-corrected chi connectivity index (χ2v) is 22.4. The van der Waals surface area contributed by atoms with Gasteiger partial charge in [-0.15, -0.1) is 0 Å². The van der Waals surface area contributed by atoms with Crippen molar-refractivity contribution in [3.63, 3.8) is 0 Å². The number of allylic oxidation sites excluding steroid dienone is 21. The summed E-state index contributed by atoms with van der Waals surface area (Å²) < 4.78 is 23.3. The quantitative estimate of drug-likeness (QED) is 0.0272. The lowest BCUT2D eigenvalue weighted by Gasteiger charge is -2.29. The van der Waals surface area contributed by atoms with E-state index >= 15 is 0 Å². The Morgan fingerprint density at radius 1 is 0.480 bits per heavy atom. The number of rotatable bonds is 53. The number of unbranched alkanes of at least 4 members (excludes halogenated alkanes) is 20. The molecule has 0 bridgehead atoms. The number of carbonyl (C=O) groups is 1. The van der Waals surface area contributed by atoms with Gasteiger partial charge in [-0.05, 0) is 96.3 Å². The number of nitrogens with zero attached hydrogens (tertiary/aromatic N) is 1. The lowest BCUT2D eigenvalue weighted by atomic mass is 10.0. The smallest absolute Gasteiger partial charge is 0.268 e. The third-order valence-electron chi connectivity index (χ3n) is 12.6. The zero-order valence-electron chi connectivity index (χ0n) is 48.7. The molecule has 8 nitrogen and oxygen atoms in total. The van der Waals surface area contributed by atoms with Crippen LogP contribution in [0, 0.1) is 0 Å². The van der Waals surface area contributed by atoms with Crippen LogP contribution in [0.25, 0.3) is 0 Å². The van der Waals surface area contributed by atoms with E-state index in [2.05, 4.69) is 141 Å². The van der Waals surface area contributed by atoms with E-state index in [4.69, 9.17) is 9.05 Å². The van der Waals surface area contributed by atoms with Crippen molar-refractivity contribution in [2.75, 3.05) is 40.9 Å². The number of phosphoric ester groups is 1. The van der Waals surface area contributed by atoms with E-state index in [1.165, 1.54) is 89.9 Å². The molecule has 0 heterocycles. The maximum absolute atomic E-state index is 13.0. The van der Waals surface area contributed by atoms with Gasteiger partial charge in [0.2, 0.25) is 5.91 Å². The predicted molar refractivity (Wildman–Crippen MR) is 325 cm³/mol. The van der Waals surface area contributed by atoms with Crippen molar-refractivity contribution in [3.8, 4) is 0 Å². The Bertz CT molecular complexity index is 1680. The zero-order chi connectivity index (χ0) is 54.9. The van der Waals surface area contributed by atoms with Crippen LogP contribution in [-0.2, 0) is 18.4 Å². The molecule has 428 valence electrons. The van der Waals surface area contributed by atoms with Crippen molar-refractivity contribution in [1.29, 1.82) is 0 Å². The molecule has 0 saturated heterocycles. The average molecular weight is 1060 g/mol. The molecule has 0 aromatic heterocycles. The third kappa shape index (κ3) is 58.2. The highest BCUT2D eigenvalue weighted by Gasteiger charge is 2.23. The molecular weight excluding hydrogens is 948 g/mol. The van der Waals surface area contributed by atoms with Crippen molar-refractivity contribution in [2.45, 2.75) is 238 Å². The Balaban J connectivity index is 4.14. The first-order valence-corrected chi connectivity index (χ1v) is 31.5. The standard InChI is InChI=1S/C66H113N2O6P/c1-6-8-10-12-14-16-18-20-22-23-24-25-26-27-28-29-30-31-32-33-34-35-36-37-38-39-40-41-42-43-44-45-46-48-50-52-54-56-58-60-66(70)67-64(63-74-75(71,72)73-62-61-68(3,4)5)65(69)59-57-55-53-51-49-47-21-19-17-15-13-11-9-7-2/h8,10,14,16,20,22,24-25,27-28,30-31,33-34,36-37,39-40,42-43,57,59,64-65,69H,6-7,9,11-13,15,17-19,21,23,26,29,32,35,38,41,44-56,58,60-63H2,1-5H3,(H-,67,70,71,72)/b10-8-,16-14-,22-20-,25-24-,28-27-,31-30-,34-33-,37-36-,40-39-,43-42-,59-57+. The Kier molecular flexibility index (Phi) is 52.9. The first-order chi connectivity index (χ1) is 36.5. The van der Waals surface area contributed by atoms with E-state index in [0.29, 0.717) is 17.4 Å². The molecule has 9 heteroatoms. The molecule has 0 rings (SSSR count). The molecule has 0 radical (unpaired) electrons. The highest BCUT2D eigenvalue weighted by molar-refractivity contribution is 7.45. The van der Waals surface area contributed by atoms with E-state index in [1.54, 1.807) is 6.08 Å². The monoisotopic (exact) mass is 1060 g/mol. The molecule has 0 aromatic carbocycles. The van der Waals surface area contributed by atoms with Gasteiger partial charge in [0.25, 0.3) is 7.82 Å². The number of amides is 1. The number of carbonyl (C=O) groups excluding carboxylic acids is 1. The van der Waals surface area contributed by atoms with Crippen molar-refractivity contribution in [3.05, 3.63) is 134 Å². The molecule has 0 fully saturated rings. The van der Waals surface area contributed by atoms with Gasteiger partial charge < -0.3 is 28.8 Å². The number of likely N-dealkylation sites (N-methyl/N-ethyl adjacent to an activating group) is 1. The number of aliphatic hydroxyl groups excluding tert-OH is 1. The fourth-order valence-electron chi connectivity index (χ4n) is 7.94. The Morgan fingerprint density at radius 2 is 0.813 bits per heavy atom. The molecule has 1 amide bonds. The number of hydrogen-bond donors (Lipinski definition) is 2. The minimum Gasteiger partial charge on any atom is -0.756 e. The Morgan fingerprint density at radius 3 is 1.19 bits per heavy atom. The number of hydrogen-bond acceptors (Lipinski definition) is 6. The lowest BCUT2D eigenvalue weighted by molar-refractivity contribution is -0.870. The molecule has 0 saturated carbocycles. The van der Waals surface area contributed by atoms with Gasteiger partial charge in [-0.1, -0.05) is 257 Å². The van der Waals surface area contributed by atoms with Crippen LogP contribution in [0.15, 0.2) is 134 Å². The van der Waals surface area contributed by atoms with Crippen LogP contribution in [0.4, 0.5) is 0 Å². The van der Waals surface area contributed by atoms with Gasteiger partial charge in [0, 0.05) is 6.42 Å². The summed E-state index contributed by atoms with van der Waals surface area (Å²) in [6.07, 6.45) is 83.9. The lowest BCUT2D eigenvalue weighted by Crippen LogP contribution is -2.45. The Hall–Kier alpha value is -3.36. The van der Waals surface area contributed by atoms with Gasteiger partial charge in [-0.25, -0.2) is 0 Å². The number of quaternary nitrogens is 1. The van der Waals surface area contributed by atoms with Crippen LogP contribution >= 0.6 is 7.82 Å². The topological polar surface area (TPSA) is 108 Å². The molecule has 75 heavy (non-hydrogen) atoms. The summed E-state index contributed by atoms with van der Waals surface area (Å²) in [6.45, 7) is 4.51. The molecule has 0 aliphatic heterocycles. The number of aliphatic hydroxyl groups is 1. The van der Waals surface area contributed by atoms with Crippen LogP contribution in [-0.4, -0.2) is 68.5 Å². The minimum absolute atomic E-state index is 0.00897. The van der Waals surface area contributed by atoms with Crippen molar-refractivity contribution in [1.82, 2.24) is 5.32 Å². The van der Waals surface area contributed by atoms with Gasteiger partial charge in [0.15, 0.2) is 0 Å². The summed E-state index contributed by atoms with van der Waals surface area (Å²) in [5, 5.41) is 13.8. The van der Waals surface area contributed by atoms with Crippen LogP contribution in [0.2, 0.25) is 0 Å². The van der Waals surface area contributed by atoms with Crippen LogP contribution in [0.3, 0.4) is 0 Å². The SMILES string of the molecule is CC/C=C\C/C=C\C/C=C\C/C=C\C/C=C\C/C=C\C/C=C\C/C=C\C/C=C\C/C=C\CCCCCCCCCCC(=O)NC(COP(=O)([O-])OCC[N+](C)(C)C)C(O)/C=C/CCCCCCCCCCCCCC. The first-order valence-electron chi connectivity index (χ1n) is 30.0. The van der Waals surface area contributed by atoms with E-state index in [1.807, 2.05) is 27.2 Å². The summed E-state index contributed by atoms with van der Waals surface area (Å²) in [7, 11) is 1.24. The maximum Gasteiger partial charge on any atom is 0.268 e. The normalized spacial score (nSPS) is 14.8. The van der Waals surface area contributed by atoms with Gasteiger partial charge >= 0.3 is 0 Å². The van der Waals surface area contributed by atoms with E-state index in [9.17, 15) is 19.4 Å². The molecule has 0 spiro atoms. The summed E-state index contributed by atoms with van der Waals surface area (Å²) in [5.74, 6) is -0.212. The van der Waals surface area contributed by atoms with Crippen molar-refractivity contribution < 1.29 is 32.9 Å². The summed E-state index contributed by atoms with van der Waals surface area (Å²) >= 11 is 0. The van der Waals surface area contributed by atoms with Crippen LogP contribution in [0.1, 0.15) is 226 Å². The summed E-state index contributed by atoms with van der Waals surface area (Å²) in [5.41, 5.74) is 0. The second kappa shape index (κ2) is 55.4. The van der Waals surface area contributed by atoms with Crippen molar-refractivity contribution in [2.24, 2.45) is 0 Å². The summed E-state index contributed by atoms with van der Waals surface area (Å²) in [4.78, 5) is 25.5. The molecule has 2 N–H and O–H groups in total. The van der Waals surface area contributed by atoms with Gasteiger partial charge in [-0.3, -0.25) is 9.36 Å². The summed E-state index contributed by atoms with van der Waals surface area (Å²) in [6, 6.07) is -0.900. The van der Waals surface area contributed by atoms with E-state index in [0.717, 1.165) is 116 Å². The fourth-order valence-corrected chi connectivity index (χ4v) is 8.67. The fraction of sp³-hybridized carbons (Fsp3) is 0.652. The Labute approximate surface area is 462 Å². The number of phosphoric acid groups is 1. The number of nitrogens with one attached hydrogen (secondary N) is 1. The van der Waals surface area contributed by atoms with E-state index in [-0.39, 0.29) is 12.5 Å². The third-order valence-corrected chi connectivity index (χ3v) is 13.6. The second-order valence-electron chi connectivity index (χ2n) is 21.0. The minimum atomic E-state index is -4.61. The highest BCUT2D eigenvalue weighted by atomic mass is 31.2. The zero-order valence-corrected chi connectivity index (χ0v) is 49.6. The molecule has 3 unspecified atom stereocenters. The van der Waals surface area contributed by atoms with Gasteiger partial charge in [0.05, 0.1) is 39.9 Å². The van der Waals surface area contributed by atoms with Crippen LogP contribution in [0.5, 0.6) is 0 Å². The highest BCUT2D eigenvalue weighted by Crippen LogP contribution is 2.38. The van der Waals surface area contributed by atoms with Crippen molar-refractivity contribution >= 4 is 13.7 Å². The molecular formula is C66H113N2O6P. The molecule has 0 aromatic rings. The average Bonchev–Trinajstić information content (AvgIpc) is 3.37. The molecule has 0 aliphatic rings. The first kappa shape index (κ1) is 71.6. The molecule has 0 aliphatic carbocycles. The van der Waals surface area contributed by atoms with Gasteiger partial charge in [0.1, 0.15) is 13.2 Å². The maximum atomic E-state index is 13.0. The molecule has 3 atom stereocenters.